The highest BCUT2D eigenvalue weighted by Gasteiger charge is 2.44. The van der Waals surface area contributed by atoms with Gasteiger partial charge in [0.05, 0.1) is 0 Å². The van der Waals surface area contributed by atoms with E-state index in [-0.39, 0.29) is 0 Å². The zero-order chi connectivity index (χ0) is 18.4. The van der Waals surface area contributed by atoms with Crippen LogP contribution in [0.2, 0.25) is 0 Å². The van der Waals surface area contributed by atoms with Gasteiger partial charge >= 0.3 is 0 Å². The lowest BCUT2D eigenvalue weighted by molar-refractivity contribution is 0.187. The van der Waals surface area contributed by atoms with Gasteiger partial charge in [0, 0.05) is 0 Å². The molecule has 0 amide bonds. The first-order chi connectivity index (χ1) is 11.3. The molecule has 0 bridgehead atoms. The van der Waals surface area contributed by atoms with Crippen molar-refractivity contribution in [2.45, 2.75) is 101 Å². The van der Waals surface area contributed by atoms with E-state index in [1.165, 1.54) is 38.5 Å². The highest BCUT2D eigenvalue weighted by Crippen LogP contribution is 2.52. The van der Waals surface area contributed by atoms with Gasteiger partial charge in [-0.2, -0.15) is 0 Å². The predicted molar refractivity (Wildman–Crippen MR) is 110 cm³/mol. The summed E-state index contributed by atoms with van der Waals surface area (Å²) in [5, 5.41) is 0. The molecule has 1 saturated carbocycles. The zero-order valence-electron chi connectivity index (χ0n) is 18.4. The molecule has 0 aromatic heterocycles. The lowest BCUT2D eigenvalue weighted by Crippen LogP contribution is -2.23. The van der Waals surface area contributed by atoms with Crippen LogP contribution in [0.1, 0.15) is 101 Å². The quantitative estimate of drug-likeness (QED) is 0.338. The van der Waals surface area contributed by atoms with Crippen molar-refractivity contribution in [1.82, 2.24) is 0 Å². The van der Waals surface area contributed by atoms with Crippen LogP contribution in [0.25, 0.3) is 0 Å². The van der Waals surface area contributed by atoms with Crippen LogP contribution in [-0.4, -0.2) is 0 Å². The summed E-state index contributed by atoms with van der Waals surface area (Å²) in [6, 6.07) is 0. The van der Waals surface area contributed by atoms with E-state index < -0.39 is 0 Å². The van der Waals surface area contributed by atoms with Gasteiger partial charge in [-0.1, -0.05) is 81.6 Å². The van der Waals surface area contributed by atoms with Crippen molar-refractivity contribution >= 4 is 0 Å². The minimum atomic E-state index is 0.842. The van der Waals surface area contributed by atoms with Crippen LogP contribution in [0, 0.1) is 53.3 Å². The van der Waals surface area contributed by atoms with Crippen molar-refractivity contribution in [3.63, 3.8) is 0 Å². The molecule has 1 fully saturated rings. The fraction of sp³-hybridized carbons (Fsp3) is 1.00. The minimum Gasteiger partial charge on any atom is -0.0651 e. The Hall–Kier alpha value is 0. The summed E-state index contributed by atoms with van der Waals surface area (Å²) < 4.78 is 0. The monoisotopic (exact) mass is 336 g/mol. The van der Waals surface area contributed by atoms with E-state index in [2.05, 4.69) is 62.3 Å². The van der Waals surface area contributed by atoms with Gasteiger partial charge < -0.3 is 0 Å². The zero-order valence-corrected chi connectivity index (χ0v) is 18.4. The van der Waals surface area contributed by atoms with E-state index in [1.807, 2.05) is 0 Å². The first kappa shape index (κ1) is 22.0. The SMILES string of the molecule is CCC(CC(C)C(C)C(C)C1CC1CC(C)C(CC)CC)C(C)C. The lowest BCUT2D eigenvalue weighted by Gasteiger charge is -2.31. The Morgan fingerprint density at radius 2 is 1.29 bits per heavy atom. The molecule has 0 N–H and O–H groups in total. The molecule has 7 unspecified atom stereocenters. The van der Waals surface area contributed by atoms with E-state index >= 15 is 0 Å². The molecular formula is C24H48. The van der Waals surface area contributed by atoms with Crippen LogP contribution in [-0.2, 0) is 0 Å². The van der Waals surface area contributed by atoms with E-state index in [0.29, 0.717) is 0 Å². The molecule has 0 heteroatoms. The Kier molecular flexibility index (Phi) is 9.39. The molecule has 1 aliphatic carbocycles. The predicted octanol–water partition coefficient (Wildman–Crippen LogP) is 8.07. The Balaban J connectivity index is 2.46. The molecule has 0 saturated heterocycles. The van der Waals surface area contributed by atoms with Gasteiger partial charge in [-0.3, -0.25) is 0 Å². The molecule has 0 radical (unpaired) electrons. The van der Waals surface area contributed by atoms with Gasteiger partial charge in [0.1, 0.15) is 0 Å². The van der Waals surface area contributed by atoms with Gasteiger partial charge in [0.15, 0.2) is 0 Å². The lowest BCUT2D eigenvalue weighted by atomic mass is 9.75. The van der Waals surface area contributed by atoms with Gasteiger partial charge in [-0.25, -0.2) is 0 Å². The molecule has 0 nitrogen and oxygen atoms in total. The molecule has 144 valence electrons. The molecule has 24 heavy (non-hydrogen) atoms. The van der Waals surface area contributed by atoms with Gasteiger partial charge in [0.2, 0.25) is 0 Å². The smallest absolute Gasteiger partial charge is 0.0354 e. The summed E-state index contributed by atoms with van der Waals surface area (Å²) in [5.74, 6) is 8.39. The summed E-state index contributed by atoms with van der Waals surface area (Å²) in [7, 11) is 0. The molecule has 1 aliphatic rings. The summed E-state index contributed by atoms with van der Waals surface area (Å²) in [5.41, 5.74) is 0. The standard InChI is InChI=1S/C24H48/c1-10-21(11-2)18(7)14-23-15-24(23)20(9)19(8)17(6)13-22(12-3)16(4)5/h16-24H,10-15H2,1-9H3. The third-order valence-electron chi connectivity index (χ3n) is 8.05. The molecular weight excluding hydrogens is 288 g/mol. The maximum Gasteiger partial charge on any atom is -0.0354 e. The largest absolute Gasteiger partial charge is 0.0651 e. The van der Waals surface area contributed by atoms with E-state index in [1.54, 1.807) is 0 Å². The van der Waals surface area contributed by atoms with Gasteiger partial charge in [-0.05, 0) is 72.5 Å². The maximum absolute atomic E-state index is 2.56. The third-order valence-corrected chi connectivity index (χ3v) is 8.05. The summed E-state index contributed by atoms with van der Waals surface area (Å²) in [4.78, 5) is 0. The summed E-state index contributed by atoms with van der Waals surface area (Å²) in [6.45, 7) is 22.1. The average molecular weight is 337 g/mol. The van der Waals surface area contributed by atoms with Gasteiger partial charge in [0.25, 0.3) is 0 Å². The van der Waals surface area contributed by atoms with Crippen molar-refractivity contribution in [3.8, 4) is 0 Å². The van der Waals surface area contributed by atoms with Crippen molar-refractivity contribution in [1.29, 1.82) is 0 Å². The van der Waals surface area contributed by atoms with E-state index in [4.69, 9.17) is 0 Å². The number of hydrogen-bond acceptors (Lipinski definition) is 0. The Bertz CT molecular complexity index is 327. The molecule has 0 aromatic rings. The highest BCUT2D eigenvalue weighted by molar-refractivity contribution is 4.93. The molecule has 0 aliphatic heterocycles. The second kappa shape index (κ2) is 10.2. The molecule has 1 rings (SSSR count). The topological polar surface area (TPSA) is 0 Å². The average Bonchev–Trinajstić information content (AvgIpc) is 3.30. The maximum atomic E-state index is 2.56. The second-order valence-corrected chi connectivity index (χ2v) is 9.79. The van der Waals surface area contributed by atoms with Crippen molar-refractivity contribution < 1.29 is 0 Å². The van der Waals surface area contributed by atoms with Crippen LogP contribution in [0.5, 0.6) is 0 Å². The highest BCUT2D eigenvalue weighted by atomic mass is 14.5. The van der Waals surface area contributed by atoms with Crippen LogP contribution in [0.15, 0.2) is 0 Å². The van der Waals surface area contributed by atoms with Crippen LogP contribution < -0.4 is 0 Å². The van der Waals surface area contributed by atoms with E-state index in [0.717, 1.165) is 53.3 Å². The second-order valence-electron chi connectivity index (χ2n) is 9.79. The van der Waals surface area contributed by atoms with Crippen molar-refractivity contribution in [2.24, 2.45) is 53.3 Å². The Morgan fingerprint density at radius 3 is 1.75 bits per heavy atom. The van der Waals surface area contributed by atoms with Crippen LogP contribution in [0.4, 0.5) is 0 Å². The first-order valence-electron chi connectivity index (χ1n) is 11.3. The Labute approximate surface area is 154 Å². The molecule has 0 aromatic carbocycles. The third kappa shape index (κ3) is 6.06. The van der Waals surface area contributed by atoms with Crippen LogP contribution >= 0.6 is 0 Å². The fourth-order valence-electron chi connectivity index (χ4n) is 5.46. The van der Waals surface area contributed by atoms with Gasteiger partial charge in [-0.15, -0.1) is 0 Å². The molecule has 0 spiro atoms. The molecule has 7 atom stereocenters. The summed E-state index contributed by atoms with van der Waals surface area (Å²) >= 11 is 0. The normalized spacial score (nSPS) is 27.1. The fourth-order valence-corrected chi connectivity index (χ4v) is 5.46. The molecule has 0 heterocycles. The van der Waals surface area contributed by atoms with Crippen LogP contribution in [0.3, 0.4) is 0 Å². The minimum absolute atomic E-state index is 0.842. The number of rotatable bonds is 12. The summed E-state index contributed by atoms with van der Waals surface area (Å²) in [6.07, 6.45) is 8.52. The first-order valence-corrected chi connectivity index (χ1v) is 11.3. The van der Waals surface area contributed by atoms with E-state index in [9.17, 15) is 0 Å². The van der Waals surface area contributed by atoms with Crippen molar-refractivity contribution in [3.05, 3.63) is 0 Å². The number of hydrogen-bond donors (Lipinski definition) is 0. The van der Waals surface area contributed by atoms with Crippen molar-refractivity contribution in [2.75, 3.05) is 0 Å². The Morgan fingerprint density at radius 1 is 0.750 bits per heavy atom.